The van der Waals surface area contributed by atoms with E-state index in [2.05, 4.69) is 33.6 Å². The molecule has 0 saturated heterocycles. The monoisotopic (exact) mass is 538 g/mol. The van der Waals surface area contributed by atoms with Crippen LogP contribution in [-0.4, -0.2) is 36.5 Å². The van der Waals surface area contributed by atoms with Gasteiger partial charge in [-0.2, -0.15) is 0 Å². The van der Waals surface area contributed by atoms with Crippen molar-refractivity contribution in [2.45, 2.75) is 13.5 Å². The lowest BCUT2D eigenvalue weighted by atomic mass is 10.2. The van der Waals surface area contributed by atoms with Gasteiger partial charge in [0, 0.05) is 23.5 Å². The highest BCUT2D eigenvalue weighted by Gasteiger charge is 2.18. The molecular formula is C34H26N4O3. The van der Waals surface area contributed by atoms with Crippen molar-refractivity contribution in [3.05, 3.63) is 143 Å². The quantitative estimate of drug-likeness (QED) is 0.249. The summed E-state index contributed by atoms with van der Waals surface area (Å²) in [5.74, 6) is 11.8. The predicted octanol–water partition coefficient (Wildman–Crippen LogP) is 5.14. The normalized spacial score (nSPS) is 10.1. The van der Waals surface area contributed by atoms with E-state index in [1.165, 1.54) is 0 Å². The third-order valence-corrected chi connectivity index (χ3v) is 5.95. The lowest BCUT2D eigenvalue weighted by Crippen LogP contribution is -2.07. The highest BCUT2D eigenvalue weighted by molar-refractivity contribution is 5.91. The maximum Gasteiger partial charge on any atom is 0.359 e. The predicted molar refractivity (Wildman–Crippen MR) is 157 cm³/mol. The number of benzene rings is 2. The van der Waals surface area contributed by atoms with E-state index in [0.29, 0.717) is 23.6 Å². The van der Waals surface area contributed by atoms with E-state index in [4.69, 9.17) is 4.74 Å². The Hall–Kier alpha value is -5.63. The highest BCUT2D eigenvalue weighted by atomic mass is 16.5. The van der Waals surface area contributed by atoms with Gasteiger partial charge in [-0.25, -0.2) is 14.8 Å². The second-order valence-electron chi connectivity index (χ2n) is 8.68. The lowest BCUT2D eigenvalue weighted by molar-refractivity contribution is 0.0520. The van der Waals surface area contributed by atoms with Gasteiger partial charge in [-0.05, 0) is 67.3 Å². The van der Waals surface area contributed by atoms with Gasteiger partial charge in [0.2, 0.25) is 0 Å². The first-order chi connectivity index (χ1) is 20.2. The zero-order valence-electron chi connectivity index (χ0n) is 22.4. The molecular weight excluding hydrogens is 512 g/mol. The van der Waals surface area contributed by atoms with Gasteiger partial charge in [0.15, 0.2) is 5.69 Å². The van der Waals surface area contributed by atoms with Crippen molar-refractivity contribution in [1.29, 1.82) is 0 Å². The van der Waals surface area contributed by atoms with Crippen LogP contribution in [0, 0.1) is 23.7 Å². The molecule has 0 unspecified atom stereocenters. The van der Waals surface area contributed by atoms with Crippen molar-refractivity contribution in [1.82, 2.24) is 18.8 Å². The van der Waals surface area contributed by atoms with Crippen LogP contribution in [0.4, 0.5) is 0 Å². The summed E-state index contributed by atoms with van der Waals surface area (Å²) in [6, 6.07) is 30.7. The van der Waals surface area contributed by atoms with Crippen LogP contribution in [0.15, 0.2) is 109 Å². The van der Waals surface area contributed by atoms with Crippen molar-refractivity contribution in [2.75, 3.05) is 6.61 Å². The molecule has 0 aliphatic rings. The van der Waals surface area contributed by atoms with E-state index in [1.807, 2.05) is 114 Å². The minimum absolute atomic E-state index is 0.111. The molecule has 0 fully saturated rings. The Morgan fingerprint density at radius 2 is 1.22 bits per heavy atom. The summed E-state index contributed by atoms with van der Waals surface area (Å²) in [5, 5.41) is 9.37. The zero-order chi connectivity index (χ0) is 28.4. The Bertz CT molecular complexity index is 1920. The van der Waals surface area contributed by atoms with Crippen molar-refractivity contribution < 1.29 is 14.6 Å². The third-order valence-electron chi connectivity index (χ3n) is 5.95. The van der Waals surface area contributed by atoms with Gasteiger partial charge < -0.3 is 9.84 Å². The molecule has 2 aromatic carbocycles. The highest BCUT2D eigenvalue weighted by Crippen LogP contribution is 2.14. The van der Waals surface area contributed by atoms with Crippen LogP contribution in [0.5, 0.6) is 0 Å². The summed E-state index contributed by atoms with van der Waals surface area (Å²) in [5.41, 5.74) is 5.42. The number of rotatable bonds is 3. The number of carbonyl (C=O) groups is 1. The number of carbonyl (C=O) groups excluding carboxylic acids is 1. The Morgan fingerprint density at radius 1 is 0.707 bits per heavy atom. The van der Waals surface area contributed by atoms with Crippen LogP contribution in [0.2, 0.25) is 0 Å². The second-order valence-corrected chi connectivity index (χ2v) is 8.68. The maximum atomic E-state index is 12.1. The molecule has 4 heterocycles. The van der Waals surface area contributed by atoms with Gasteiger partial charge in [0.05, 0.1) is 13.2 Å². The van der Waals surface area contributed by atoms with Gasteiger partial charge in [0.1, 0.15) is 28.4 Å². The molecule has 0 spiro atoms. The van der Waals surface area contributed by atoms with Crippen LogP contribution < -0.4 is 0 Å². The van der Waals surface area contributed by atoms with E-state index in [-0.39, 0.29) is 12.3 Å². The van der Waals surface area contributed by atoms with Crippen molar-refractivity contribution in [3.63, 3.8) is 0 Å². The van der Waals surface area contributed by atoms with Crippen LogP contribution in [0.25, 0.3) is 11.3 Å². The first-order valence-corrected chi connectivity index (χ1v) is 13.0. The number of pyridine rings is 2. The molecule has 7 nitrogen and oxygen atoms in total. The van der Waals surface area contributed by atoms with Gasteiger partial charge in [-0.3, -0.25) is 8.80 Å². The first kappa shape index (κ1) is 27.0. The van der Waals surface area contributed by atoms with Gasteiger partial charge in [0.25, 0.3) is 0 Å². The van der Waals surface area contributed by atoms with Gasteiger partial charge in [-0.15, -0.1) is 0 Å². The molecule has 1 N–H and O–H groups in total. The number of nitrogens with zero attached hydrogens (tertiary/aromatic N) is 4. The standard InChI is InChI=1S/C18H14N2O2.C16H12N2O/c1-2-22-18(21)17-15(12-11-14-8-4-3-5-9-14)20-13-7-6-10-16(20)19-17;19-12-14-15(10-9-13-6-2-1-3-7-13)18-11-5-4-8-16(18)17-14/h3-10,13H,2H2,1H3;1-8,11,19H,12H2. The van der Waals surface area contributed by atoms with Crippen molar-refractivity contribution in [2.24, 2.45) is 0 Å². The van der Waals surface area contributed by atoms with Gasteiger partial charge in [-0.1, -0.05) is 60.4 Å². The second kappa shape index (κ2) is 12.9. The summed E-state index contributed by atoms with van der Waals surface area (Å²) in [6.45, 7) is 1.96. The largest absolute Gasteiger partial charge is 0.461 e. The number of aliphatic hydroxyl groups excluding tert-OH is 1. The van der Waals surface area contributed by atoms with Crippen molar-refractivity contribution in [3.8, 4) is 23.7 Å². The fraction of sp³-hybridized carbons (Fsp3) is 0.0882. The zero-order valence-corrected chi connectivity index (χ0v) is 22.4. The minimum Gasteiger partial charge on any atom is -0.461 e. The molecule has 4 aromatic heterocycles. The van der Waals surface area contributed by atoms with Gasteiger partial charge >= 0.3 is 5.97 Å². The number of imidazole rings is 2. The van der Waals surface area contributed by atoms with E-state index in [0.717, 1.165) is 22.5 Å². The molecule has 0 saturated carbocycles. The number of hydrogen-bond donors (Lipinski definition) is 1. The molecule has 0 radical (unpaired) electrons. The van der Waals surface area contributed by atoms with Crippen molar-refractivity contribution >= 4 is 17.3 Å². The number of ether oxygens (including phenoxy) is 1. The fourth-order valence-electron chi connectivity index (χ4n) is 4.05. The Morgan fingerprint density at radius 3 is 1.78 bits per heavy atom. The van der Waals surface area contributed by atoms with E-state index in [1.54, 1.807) is 11.3 Å². The number of esters is 1. The summed E-state index contributed by atoms with van der Waals surface area (Å²) < 4.78 is 8.75. The number of aliphatic hydroxyl groups is 1. The Labute approximate surface area is 237 Å². The van der Waals surface area contributed by atoms with Crippen LogP contribution in [0.3, 0.4) is 0 Å². The maximum absolute atomic E-state index is 12.1. The molecule has 6 aromatic rings. The molecule has 0 bridgehead atoms. The topological polar surface area (TPSA) is 81.1 Å². The van der Waals surface area contributed by atoms with Crippen LogP contribution in [0.1, 0.15) is 45.6 Å². The number of hydrogen-bond acceptors (Lipinski definition) is 5. The summed E-state index contributed by atoms with van der Waals surface area (Å²) in [7, 11) is 0. The summed E-state index contributed by atoms with van der Waals surface area (Å²) in [4.78, 5) is 20.8. The Balaban J connectivity index is 0.000000166. The lowest BCUT2D eigenvalue weighted by Gasteiger charge is -1.98. The SMILES string of the molecule is CCOC(=O)c1nc2ccccn2c1C#Cc1ccccc1.OCc1nc2ccccn2c1C#Cc1ccccc1. The van der Waals surface area contributed by atoms with Crippen LogP contribution in [-0.2, 0) is 11.3 Å². The smallest absolute Gasteiger partial charge is 0.359 e. The molecule has 0 aliphatic carbocycles. The molecule has 41 heavy (non-hydrogen) atoms. The molecule has 0 amide bonds. The molecule has 6 rings (SSSR count). The Kier molecular flexibility index (Phi) is 8.51. The average Bonchev–Trinajstić information content (AvgIpc) is 3.58. The third kappa shape index (κ3) is 6.34. The molecule has 0 atom stereocenters. The molecule has 7 heteroatoms. The fourth-order valence-corrected chi connectivity index (χ4v) is 4.05. The average molecular weight is 539 g/mol. The number of fused-ring (bicyclic) bond motifs is 2. The first-order valence-electron chi connectivity index (χ1n) is 13.0. The molecule has 0 aliphatic heterocycles. The summed E-state index contributed by atoms with van der Waals surface area (Å²) in [6.07, 6.45) is 3.73. The van der Waals surface area contributed by atoms with Crippen LogP contribution >= 0.6 is 0 Å². The summed E-state index contributed by atoms with van der Waals surface area (Å²) >= 11 is 0. The number of aromatic nitrogens is 4. The molecule has 200 valence electrons. The van der Waals surface area contributed by atoms with E-state index in [9.17, 15) is 9.90 Å². The minimum atomic E-state index is -0.455. The van der Waals surface area contributed by atoms with E-state index < -0.39 is 5.97 Å². The van der Waals surface area contributed by atoms with E-state index >= 15 is 0 Å².